The molecular formula is C13H19N. The Kier molecular flexibility index (Phi) is 4.24. The summed E-state index contributed by atoms with van der Waals surface area (Å²) in [6.07, 6.45) is 15.9. The van der Waals surface area contributed by atoms with E-state index in [9.17, 15) is 0 Å². The van der Waals surface area contributed by atoms with E-state index in [2.05, 4.69) is 49.4 Å². The Balaban J connectivity index is 2.56. The second-order valence-electron chi connectivity index (χ2n) is 3.70. The lowest BCUT2D eigenvalue weighted by atomic mass is 10.00. The molecule has 0 fully saturated rings. The van der Waals surface area contributed by atoms with Gasteiger partial charge < -0.3 is 4.90 Å². The van der Waals surface area contributed by atoms with Crippen LogP contribution in [0.3, 0.4) is 0 Å². The van der Waals surface area contributed by atoms with Crippen molar-refractivity contribution in [2.75, 3.05) is 7.05 Å². The smallest absolute Gasteiger partial charge is 0.0176 e. The van der Waals surface area contributed by atoms with E-state index < -0.39 is 0 Å². The van der Waals surface area contributed by atoms with E-state index in [1.165, 1.54) is 5.70 Å². The third-order valence-electron chi connectivity index (χ3n) is 2.33. The maximum Gasteiger partial charge on any atom is 0.0176 e. The molecule has 1 nitrogen and oxygen atoms in total. The molecule has 1 aliphatic rings. The number of nitrogens with zero attached hydrogens (tertiary/aromatic N) is 1. The van der Waals surface area contributed by atoms with Crippen LogP contribution in [0.1, 0.15) is 20.3 Å². The molecule has 1 heteroatoms. The Labute approximate surface area is 87.1 Å². The average Bonchev–Trinajstić information content (AvgIpc) is 2.18. The molecule has 0 aromatic carbocycles. The van der Waals surface area contributed by atoms with Gasteiger partial charge in [0.1, 0.15) is 0 Å². The van der Waals surface area contributed by atoms with Gasteiger partial charge in [0.05, 0.1) is 0 Å². The second-order valence-corrected chi connectivity index (χ2v) is 3.70. The lowest BCUT2D eigenvalue weighted by molar-refractivity contribution is 0.502. The molecule has 0 aromatic heterocycles. The fourth-order valence-corrected chi connectivity index (χ4v) is 1.47. The Morgan fingerprint density at radius 3 is 2.86 bits per heavy atom. The molecule has 76 valence electrons. The van der Waals surface area contributed by atoms with Gasteiger partial charge in [-0.05, 0) is 31.4 Å². The Morgan fingerprint density at radius 2 is 2.21 bits per heavy atom. The van der Waals surface area contributed by atoms with Crippen molar-refractivity contribution in [2.24, 2.45) is 5.92 Å². The Bertz CT molecular complexity index is 282. The first-order valence-electron chi connectivity index (χ1n) is 5.13. The fraction of sp³-hybridized carbons (Fsp3) is 0.385. The van der Waals surface area contributed by atoms with Crippen LogP contribution in [0, 0.1) is 5.92 Å². The summed E-state index contributed by atoms with van der Waals surface area (Å²) in [7, 11) is 2.09. The van der Waals surface area contributed by atoms with Crippen LogP contribution in [-0.4, -0.2) is 11.9 Å². The molecular weight excluding hydrogens is 170 g/mol. The predicted octanol–water partition coefficient (Wildman–Crippen LogP) is 3.49. The summed E-state index contributed by atoms with van der Waals surface area (Å²) in [6, 6.07) is 0. The van der Waals surface area contributed by atoms with Crippen molar-refractivity contribution >= 4 is 0 Å². The van der Waals surface area contributed by atoms with Crippen LogP contribution >= 0.6 is 0 Å². The molecule has 0 radical (unpaired) electrons. The SMILES string of the molecule is C/C=C\C=C/N(C)C1=CC=CC(C)C1. The third kappa shape index (κ3) is 3.25. The first kappa shape index (κ1) is 10.8. The largest absolute Gasteiger partial charge is 0.354 e. The van der Waals surface area contributed by atoms with Crippen molar-refractivity contribution in [1.82, 2.24) is 4.90 Å². The van der Waals surface area contributed by atoms with Gasteiger partial charge in [-0.25, -0.2) is 0 Å². The molecule has 0 aromatic rings. The molecule has 1 atom stereocenters. The van der Waals surface area contributed by atoms with Gasteiger partial charge in [-0.3, -0.25) is 0 Å². The fourth-order valence-electron chi connectivity index (χ4n) is 1.47. The van der Waals surface area contributed by atoms with Crippen LogP contribution in [0.5, 0.6) is 0 Å². The van der Waals surface area contributed by atoms with Crippen molar-refractivity contribution in [3.05, 3.63) is 48.4 Å². The number of rotatable bonds is 3. The van der Waals surface area contributed by atoms with Crippen molar-refractivity contribution in [3.63, 3.8) is 0 Å². The lowest BCUT2D eigenvalue weighted by Crippen LogP contribution is -2.13. The maximum absolute atomic E-state index is 2.24. The number of allylic oxidation sites excluding steroid dienone is 7. The minimum absolute atomic E-state index is 0.660. The van der Waals surface area contributed by atoms with Crippen LogP contribution in [0.15, 0.2) is 48.4 Å². The van der Waals surface area contributed by atoms with Crippen molar-refractivity contribution in [3.8, 4) is 0 Å². The molecule has 0 bridgehead atoms. The summed E-state index contributed by atoms with van der Waals surface area (Å²) in [5.41, 5.74) is 1.38. The number of hydrogen-bond donors (Lipinski definition) is 0. The van der Waals surface area contributed by atoms with E-state index in [1.807, 2.05) is 19.1 Å². The molecule has 0 aliphatic heterocycles. The molecule has 0 saturated heterocycles. The zero-order valence-corrected chi connectivity index (χ0v) is 9.27. The highest BCUT2D eigenvalue weighted by molar-refractivity contribution is 5.20. The monoisotopic (exact) mass is 189 g/mol. The highest BCUT2D eigenvalue weighted by atomic mass is 15.1. The summed E-state index contributed by atoms with van der Waals surface area (Å²) in [4.78, 5) is 2.18. The molecule has 1 rings (SSSR count). The second kappa shape index (κ2) is 5.48. The summed E-state index contributed by atoms with van der Waals surface area (Å²) < 4.78 is 0. The molecule has 0 saturated carbocycles. The Morgan fingerprint density at radius 1 is 1.43 bits per heavy atom. The minimum atomic E-state index is 0.660. The van der Waals surface area contributed by atoms with Crippen molar-refractivity contribution < 1.29 is 0 Å². The molecule has 14 heavy (non-hydrogen) atoms. The quantitative estimate of drug-likeness (QED) is 0.614. The van der Waals surface area contributed by atoms with Crippen molar-refractivity contribution in [2.45, 2.75) is 20.3 Å². The lowest BCUT2D eigenvalue weighted by Gasteiger charge is -2.22. The normalized spacial score (nSPS) is 21.9. The van der Waals surface area contributed by atoms with E-state index >= 15 is 0 Å². The highest BCUT2D eigenvalue weighted by Gasteiger charge is 2.08. The zero-order valence-electron chi connectivity index (χ0n) is 9.27. The number of hydrogen-bond acceptors (Lipinski definition) is 1. The van der Waals surface area contributed by atoms with Gasteiger partial charge in [-0.15, -0.1) is 0 Å². The molecule has 0 spiro atoms. The van der Waals surface area contributed by atoms with Crippen LogP contribution in [-0.2, 0) is 0 Å². The molecule has 0 N–H and O–H groups in total. The summed E-state index contributed by atoms with van der Waals surface area (Å²) in [5.74, 6) is 0.660. The first-order valence-corrected chi connectivity index (χ1v) is 5.13. The van der Waals surface area contributed by atoms with E-state index in [0.717, 1.165) is 6.42 Å². The van der Waals surface area contributed by atoms with Crippen molar-refractivity contribution in [1.29, 1.82) is 0 Å². The predicted molar refractivity (Wildman–Crippen MR) is 62.7 cm³/mol. The maximum atomic E-state index is 2.24. The molecule has 1 unspecified atom stereocenters. The van der Waals surface area contributed by atoms with Gasteiger partial charge in [-0.2, -0.15) is 0 Å². The van der Waals surface area contributed by atoms with Crippen LogP contribution < -0.4 is 0 Å². The average molecular weight is 189 g/mol. The van der Waals surface area contributed by atoms with Crippen LogP contribution in [0.4, 0.5) is 0 Å². The molecule has 0 amide bonds. The van der Waals surface area contributed by atoms with Gasteiger partial charge in [0.2, 0.25) is 0 Å². The van der Waals surface area contributed by atoms with Gasteiger partial charge in [0.15, 0.2) is 0 Å². The highest BCUT2D eigenvalue weighted by Crippen LogP contribution is 2.20. The van der Waals surface area contributed by atoms with E-state index in [4.69, 9.17) is 0 Å². The Hall–Kier alpha value is -1.24. The molecule has 0 heterocycles. The van der Waals surface area contributed by atoms with Gasteiger partial charge in [-0.1, -0.05) is 31.2 Å². The van der Waals surface area contributed by atoms with Gasteiger partial charge in [0.25, 0.3) is 0 Å². The zero-order chi connectivity index (χ0) is 10.4. The van der Waals surface area contributed by atoms with E-state index in [0.29, 0.717) is 5.92 Å². The van der Waals surface area contributed by atoms with Crippen LogP contribution in [0.25, 0.3) is 0 Å². The third-order valence-corrected chi connectivity index (χ3v) is 2.33. The van der Waals surface area contributed by atoms with Gasteiger partial charge >= 0.3 is 0 Å². The topological polar surface area (TPSA) is 3.24 Å². The summed E-state index contributed by atoms with van der Waals surface area (Å²) >= 11 is 0. The standard InChI is InChI=1S/C13H19N/c1-4-5-6-10-14(3)13-9-7-8-12(2)11-13/h4-10,12H,11H2,1-3H3/b5-4-,10-6-. The van der Waals surface area contributed by atoms with E-state index in [-0.39, 0.29) is 0 Å². The van der Waals surface area contributed by atoms with Gasteiger partial charge in [0, 0.05) is 18.9 Å². The summed E-state index contributed by atoms with van der Waals surface area (Å²) in [5, 5.41) is 0. The van der Waals surface area contributed by atoms with Crippen LogP contribution in [0.2, 0.25) is 0 Å². The minimum Gasteiger partial charge on any atom is -0.354 e. The van der Waals surface area contributed by atoms with E-state index in [1.54, 1.807) is 0 Å². The molecule has 1 aliphatic carbocycles. The first-order chi connectivity index (χ1) is 6.74. The summed E-state index contributed by atoms with van der Waals surface area (Å²) in [6.45, 7) is 4.27.